The Morgan fingerprint density at radius 2 is 2.14 bits per heavy atom. The third-order valence-electron chi connectivity index (χ3n) is 5.75. The van der Waals surface area contributed by atoms with Crippen LogP contribution in [0.5, 0.6) is 0 Å². The summed E-state index contributed by atoms with van der Waals surface area (Å²) >= 11 is 0. The number of amides is 2. The van der Waals surface area contributed by atoms with Gasteiger partial charge in [-0.15, -0.1) is 0 Å². The summed E-state index contributed by atoms with van der Waals surface area (Å²) in [5, 5.41) is 0. The van der Waals surface area contributed by atoms with Crippen molar-refractivity contribution in [3.63, 3.8) is 0 Å². The SMILES string of the molecule is O=C1CC(C(=O)N2CCC[C@H]2c2nc3ccccc3[nH]2)CN1Cc1ccco1. The lowest BCUT2D eigenvalue weighted by atomic mass is 10.1. The zero-order valence-corrected chi connectivity index (χ0v) is 15.5. The second kappa shape index (κ2) is 6.82. The van der Waals surface area contributed by atoms with Crippen molar-refractivity contribution in [2.24, 2.45) is 5.92 Å². The molecule has 2 fully saturated rings. The van der Waals surface area contributed by atoms with Gasteiger partial charge >= 0.3 is 0 Å². The molecule has 7 heteroatoms. The minimum atomic E-state index is -0.299. The molecule has 0 spiro atoms. The first-order valence-electron chi connectivity index (χ1n) is 9.74. The Morgan fingerprint density at radius 1 is 1.25 bits per heavy atom. The lowest BCUT2D eigenvalue weighted by molar-refractivity contribution is -0.136. The van der Waals surface area contributed by atoms with Crippen LogP contribution in [0.4, 0.5) is 0 Å². The molecule has 0 aliphatic carbocycles. The van der Waals surface area contributed by atoms with E-state index in [4.69, 9.17) is 9.40 Å². The van der Waals surface area contributed by atoms with Crippen molar-refractivity contribution in [2.45, 2.75) is 31.8 Å². The minimum absolute atomic E-state index is 0.00855. The normalized spacial score (nSPS) is 22.5. The summed E-state index contributed by atoms with van der Waals surface area (Å²) in [6.45, 7) is 1.58. The molecule has 0 saturated carbocycles. The molecule has 4 heterocycles. The molecule has 2 aliphatic rings. The molecule has 2 atom stereocenters. The van der Waals surface area contributed by atoms with Gasteiger partial charge in [-0.05, 0) is 37.1 Å². The van der Waals surface area contributed by atoms with Gasteiger partial charge in [-0.25, -0.2) is 4.98 Å². The number of nitrogens with zero attached hydrogens (tertiary/aromatic N) is 3. The average Bonchev–Trinajstić information content (AvgIpc) is 3.48. The van der Waals surface area contributed by atoms with Crippen LogP contribution in [0, 0.1) is 5.92 Å². The summed E-state index contributed by atoms with van der Waals surface area (Å²) < 4.78 is 5.34. The van der Waals surface area contributed by atoms with E-state index in [1.807, 2.05) is 35.2 Å². The number of para-hydroxylation sites is 2. The van der Waals surface area contributed by atoms with E-state index in [1.54, 1.807) is 17.2 Å². The largest absolute Gasteiger partial charge is 0.467 e. The first-order chi connectivity index (χ1) is 13.7. The van der Waals surface area contributed by atoms with E-state index in [1.165, 1.54) is 0 Å². The van der Waals surface area contributed by atoms with Crippen molar-refractivity contribution >= 4 is 22.8 Å². The van der Waals surface area contributed by atoms with Crippen LogP contribution in [-0.4, -0.2) is 44.7 Å². The predicted octanol–water partition coefficient (Wildman–Crippen LogP) is 2.87. The topological polar surface area (TPSA) is 82.4 Å². The monoisotopic (exact) mass is 378 g/mol. The second-order valence-corrected chi connectivity index (χ2v) is 7.58. The average molecular weight is 378 g/mol. The van der Waals surface area contributed by atoms with Crippen LogP contribution in [0.1, 0.15) is 36.9 Å². The number of carbonyl (C=O) groups excluding carboxylic acids is 2. The number of benzene rings is 1. The molecule has 2 aromatic heterocycles. The summed E-state index contributed by atoms with van der Waals surface area (Å²) in [5.41, 5.74) is 1.90. The van der Waals surface area contributed by atoms with Crippen molar-refractivity contribution in [1.82, 2.24) is 19.8 Å². The van der Waals surface area contributed by atoms with E-state index in [0.717, 1.165) is 35.5 Å². The fourth-order valence-corrected chi connectivity index (χ4v) is 4.36. The smallest absolute Gasteiger partial charge is 0.228 e. The molecule has 0 bridgehead atoms. The molecule has 2 saturated heterocycles. The molecule has 144 valence electrons. The maximum absolute atomic E-state index is 13.2. The molecule has 2 amide bonds. The summed E-state index contributed by atoms with van der Waals surface area (Å²) in [5.74, 6) is 1.34. The van der Waals surface area contributed by atoms with Gasteiger partial charge in [0, 0.05) is 19.5 Å². The number of rotatable bonds is 4. The molecule has 0 radical (unpaired) electrons. The van der Waals surface area contributed by atoms with E-state index < -0.39 is 0 Å². The Balaban J connectivity index is 1.32. The van der Waals surface area contributed by atoms with E-state index in [9.17, 15) is 9.59 Å². The molecule has 5 rings (SSSR count). The van der Waals surface area contributed by atoms with Crippen LogP contribution in [0.3, 0.4) is 0 Å². The van der Waals surface area contributed by atoms with E-state index in [2.05, 4.69) is 4.98 Å². The number of carbonyl (C=O) groups is 2. The molecule has 28 heavy (non-hydrogen) atoms. The molecule has 1 unspecified atom stereocenters. The predicted molar refractivity (Wildman–Crippen MR) is 102 cm³/mol. The summed E-state index contributed by atoms with van der Waals surface area (Å²) in [4.78, 5) is 37.3. The van der Waals surface area contributed by atoms with Crippen molar-refractivity contribution < 1.29 is 14.0 Å². The van der Waals surface area contributed by atoms with Gasteiger partial charge in [-0.1, -0.05) is 12.1 Å². The Hall–Kier alpha value is -3.09. The lowest BCUT2D eigenvalue weighted by Gasteiger charge is -2.26. The van der Waals surface area contributed by atoms with Crippen LogP contribution in [-0.2, 0) is 16.1 Å². The zero-order chi connectivity index (χ0) is 19.1. The van der Waals surface area contributed by atoms with Crippen molar-refractivity contribution in [3.8, 4) is 0 Å². The number of likely N-dealkylation sites (tertiary alicyclic amines) is 2. The molecule has 1 aromatic carbocycles. The van der Waals surface area contributed by atoms with Crippen molar-refractivity contribution in [3.05, 3.63) is 54.2 Å². The number of imidazole rings is 1. The number of aromatic amines is 1. The second-order valence-electron chi connectivity index (χ2n) is 7.58. The fraction of sp³-hybridized carbons (Fsp3) is 0.381. The number of H-pyrrole nitrogens is 1. The zero-order valence-electron chi connectivity index (χ0n) is 15.5. The molecular weight excluding hydrogens is 356 g/mol. The molecule has 1 N–H and O–H groups in total. The third-order valence-corrected chi connectivity index (χ3v) is 5.75. The highest BCUT2D eigenvalue weighted by Crippen LogP contribution is 2.34. The van der Waals surface area contributed by atoms with Crippen molar-refractivity contribution in [2.75, 3.05) is 13.1 Å². The summed E-state index contributed by atoms with van der Waals surface area (Å²) in [6, 6.07) is 11.5. The number of nitrogens with one attached hydrogen (secondary N) is 1. The standard InChI is InChI=1S/C21H22N4O3/c26-19-11-14(12-24(19)13-15-5-4-10-28-15)21(27)25-9-3-8-18(25)20-22-16-6-1-2-7-17(16)23-20/h1-2,4-7,10,14,18H,3,8-9,11-13H2,(H,22,23)/t14?,18-/m0/s1. The van der Waals surface area contributed by atoms with Gasteiger partial charge in [0.25, 0.3) is 0 Å². The van der Waals surface area contributed by atoms with Crippen LogP contribution in [0.25, 0.3) is 11.0 Å². The Kier molecular flexibility index (Phi) is 4.15. The molecule has 2 aliphatic heterocycles. The Labute approximate surface area is 162 Å². The minimum Gasteiger partial charge on any atom is -0.467 e. The van der Waals surface area contributed by atoms with Crippen molar-refractivity contribution in [1.29, 1.82) is 0 Å². The van der Waals surface area contributed by atoms with Crippen LogP contribution < -0.4 is 0 Å². The highest BCUT2D eigenvalue weighted by molar-refractivity contribution is 5.89. The quantitative estimate of drug-likeness (QED) is 0.757. The number of fused-ring (bicyclic) bond motifs is 1. The Bertz CT molecular complexity index is 977. The third kappa shape index (κ3) is 2.96. The van der Waals surface area contributed by atoms with Crippen LogP contribution in [0.15, 0.2) is 47.1 Å². The lowest BCUT2D eigenvalue weighted by Crippen LogP contribution is -2.37. The first-order valence-corrected chi connectivity index (χ1v) is 9.74. The number of hydrogen-bond acceptors (Lipinski definition) is 4. The number of hydrogen-bond donors (Lipinski definition) is 1. The number of furan rings is 1. The maximum atomic E-state index is 13.2. The van der Waals surface area contributed by atoms with Gasteiger partial charge in [-0.2, -0.15) is 0 Å². The summed E-state index contributed by atoms with van der Waals surface area (Å²) in [6.07, 6.45) is 3.70. The summed E-state index contributed by atoms with van der Waals surface area (Å²) in [7, 11) is 0. The van der Waals surface area contributed by atoms with Gasteiger partial charge in [-0.3, -0.25) is 9.59 Å². The van der Waals surface area contributed by atoms with E-state index >= 15 is 0 Å². The van der Waals surface area contributed by atoms with E-state index in [-0.39, 0.29) is 30.2 Å². The fourth-order valence-electron chi connectivity index (χ4n) is 4.36. The number of aromatic nitrogens is 2. The van der Waals surface area contributed by atoms with E-state index in [0.29, 0.717) is 19.6 Å². The first kappa shape index (κ1) is 17.0. The van der Waals surface area contributed by atoms with Crippen LogP contribution in [0.2, 0.25) is 0 Å². The molecule has 3 aromatic rings. The van der Waals surface area contributed by atoms with Crippen LogP contribution >= 0.6 is 0 Å². The molecule has 7 nitrogen and oxygen atoms in total. The molecular formula is C21H22N4O3. The highest BCUT2D eigenvalue weighted by atomic mass is 16.3. The van der Waals surface area contributed by atoms with Gasteiger partial charge in [0.15, 0.2) is 0 Å². The van der Waals surface area contributed by atoms with Gasteiger partial charge in [0.1, 0.15) is 11.6 Å². The Morgan fingerprint density at radius 3 is 2.96 bits per heavy atom. The van der Waals surface area contributed by atoms with Gasteiger partial charge in [0.05, 0.1) is 35.8 Å². The van der Waals surface area contributed by atoms with Gasteiger partial charge < -0.3 is 19.2 Å². The highest BCUT2D eigenvalue weighted by Gasteiger charge is 2.41. The van der Waals surface area contributed by atoms with Gasteiger partial charge in [0.2, 0.25) is 11.8 Å². The maximum Gasteiger partial charge on any atom is 0.228 e.